The average Bonchev–Trinajstić information content (AvgIpc) is 3.34. The van der Waals surface area contributed by atoms with Gasteiger partial charge in [-0.05, 0) is 69.6 Å². The Kier molecular flexibility index (Phi) is 7.32. The number of rotatable bonds is 8. The van der Waals surface area contributed by atoms with E-state index in [2.05, 4.69) is 20.5 Å². The Morgan fingerprint density at radius 2 is 1.69 bits per heavy atom. The molecule has 0 aliphatic heterocycles. The van der Waals surface area contributed by atoms with Crippen LogP contribution in [0.5, 0.6) is 0 Å². The SMILES string of the molecule is CCc1cc(-c2cnc(C)c(-c3nnc(-c4ccc(CNC)cc4)o3)n2)ccc1S(O)(O)C(C)C. The van der Waals surface area contributed by atoms with Gasteiger partial charge in [-0.15, -0.1) is 10.2 Å². The van der Waals surface area contributed by atoms with Gasteiger partial charge in [0.1, 0.15) is 5.69 Å². The Labute approximate surface area is 207 Å². The van der Waals surface area contributed by atoms with Crippen molar-refractivity contribution in [1.82, 2.24) is 25.5 Å². The number of hydrogen-bond acceptors (Lipinski definition) is 8. The van der Waals surface area contributed by atoms with Crippen LogP contribution in [-0.4, -0.2) is 41.6 Å². The first-order valence-corrected chi connectivity index (χ1v) is 13.2. The van der Waals surface area contributed by atoms with Crippen LogP contribution in [0.1, 0.15) is 37.6 Å². The lowest BCUT2D eigenvalue weighted by atomic mass is 10.1. The van der Waals surface area contributed by atoms with Crippen LogP contribution in [0.15, 0.2) is 58.0 Å². The molecule has 0 saturated heterocycles. The van der Waals surface area contributed by atoms with Gasteiger partial charge in [0.2, 0.25) is 5.89 Å². The average molecular weight is 494 g/mol. The van der Waals surface area contributed by atoms with Gasteiger partial charge in [-0.2, -0.15) is 10.6 Å². The van der Waals surface area contributed by atoms with Crippen molar-refractivity contribution in [3.8, 4) is 34.3 Å². The highest BCUT2D eigenvalue weighted by Crippen LogP contribution is 2.54. The van der Waals surface area contributed by atoms with Crippen molar-refractivity contribution >= 4 is 10.6 Å². The maximum Gasteiger partial charge on any atom is 0.268 e. The van der Waals surface area contributed by atoms with Crippen LogP contribution in [0.3, 0.4) is 0 Å². The third-order valence-corrected chi connectivity index (χ3v) is 8.24. The third-order valence-electron chi connectivity index (χ3n) is 5.88. The molecule has 9 heteroatoms. The van der Waals surface area contributed by atoms with E-state index < -0.39 is 10.6 Å². The number of aromatic nitrogens is 4. The van der Waals surface area contributed by atoms with Crippen molar-refractivity contribution in [2.24, 2.45) is 0 Å². The highest BCUT2D eigenvalue weighted by atomic mass is 32.3. The summed E-state index contributed by atoms with van der Waals surface area (Å²) in [6.07, 6.45) is 2.36. The predicted molar refractivity (Wildman–Crippen MR) is 139 cm³/mol. The lowest BCUT2D eigenvalue weighted by Crippen LogP contribution is -2.12. The molecule has 4 aromatic rings. The third kappa shape index (κ3) is 5.13. The summed E-state index contributed by atoms with van der Waals surface area (Å²) in [5.74, 6) is 0.714. The molecule has 4 rings (SSSR count). The molecule has 0 fully saturated rings. The molecule has 0 atom stereocenters. The summed E-state index contributed by atoms with van der Waals surface area (Å²) >= 11 is 0. The van der Waals surface area contributed by atoms with Gasteiger partial charge in [-0.25, -0.2) is 4.98 Å². The highest BCUT2D eigenvalue weighted by Gasteiger charge is 2.24. The molecule has 184 valence electrons. The number of nitrogens with one attached hydrogen (secondary N) is 1. The van der Waals surface area contributed by atoms with Crippen molar-refractivity contribution < 1.29 is 13.5 Å². The molecular weight excluding hydrogens is 462 g/mol. The van der Waals surface area contributed by atoms with E-state index in [1.54, 1.807) is 12.3 Å². The molecule has 0 amide bonds. The van der Waals surface area contributed by atoms with Gasteiger partial charge in [0.25, 0.3) is 5.89 Å². The zero-order chi connectivity index (χ0) is 25.2. The van der Waals surface area contributed by atoms with Crippen molar-refractivity contribution in [1.29, 1.82) is 0 Å². The Balaban J connectivity index is 1.67. The van der Waals surface area contributed by atoms with E-state index in [-0.39, 0.29) is 5.25 Å². The number of benzene rings is 2. The first-order chi connectivity index (χ1) is 16.7. The van der Waals surface area contributed by atoms with E-state index >= 15 is 0 Å². The molecule has 35 heavy (non-hydrogen) atoms. The first kappa shape index (κ1) is 25.0. The van der Waals surface area contributed by atoms with Gasteiger partial charge in [-0.1, -0.05) is 25.1 Å². The Hall–Kier alpha value is -3.11. The second-order valence-electron chi connectivity index (χ2n) is 8.65. The molecule has 3 N–H and O–H groups in total. The maximum absolute atomic E-state index is 10.7. The Bertz CT molecular complexity index is 1320. The van der Waals surface area contributed by atoms with Crippen molar-refractivity contribution in [3.05, 3.63) is 65.5 Å². The molecule has 8 nitrogen and oxygen atoms in total. The second kappa shape index (κ2) is 10.2. The van der Waals surface area contributed by atoms with Gasteiger partial charge in [-0.3, -0.25) is 14.1 Å². The summed E-state index contributed by atoms with van der Waals surface area (Å²) in [5.41, 5.74) is 5.54. The van der Waals surface area contributed by atoms with E-state index in [1.165, 1.54) is 0 Å². The molecule has 2 aromatic heterocycles. The van der Waals surface area contributed by atoms with E-state index in [4.69, 9.17) is 9.40 Å². The molecule has 0 bridgehead atoms. The Morgan fingerprint density at radius 1 is 1.00 bits per heavy atom. The van der Waals surface area contributed by atoms with Crippen molar-refractivity contribution in [3.63, 3.8) is 0 Å². The van der Waals surface area contributed by atoms with Gasteiger partial charge >= 0.3 is 0 Å². The first-order valence-electron chi connectivity index (χ1n) is 11.6. The lowest BCUT2D eigenvalue weighted by Gasteiger charge is -2.38. The zero-order valence-corrected chi connectivity index (χ0v) is 21.4. The smallest absolute Gasteiger partial charge is 0.268 e. The monoisotopic (exact) mass is 493 g/mol. The van der Waals surface area contributed by atoms with Gasteiger partial charge in [0.05, 0.1) is 22.5 Å². The van der Waals surface area contributed by atoms with Gasteiger partial charge in [0.15, 0.2) is 0 Å². The molecule has 0 saturated carbocycles. The highest BCUT2D eigenvalue weighted by molar-refractivity contribution is 8.24. The number of hydrogen-bond donors (Lipinski definition) is 3. The standard InChI is InChI=1S/C26H31N5O3S/c1-6-19-13-21(11-12-23(19)35(32,33)16(2)3)22-15-28-17(4)24(29-22)26-31-30-25(34-26)20-9-7-18(8-10-20)14-27-5/h7-13,15-16,27,32-33H,6,14H2,1-5H3. The molecule has 0 unspecified atom stereocenters. The quantitative estimate of drug-likeness (QED) is 0.275. The minimum Gasteiger partial charge on any atom is -0.415 e. The van der Waals surface area contributed by atoms with E-state index in [1.807, 2.05) is 71.1 Å². The predicted octanol–water partition coefficient (Wildman–Crippen LogP) is 5.97. The normalized spacial score (nSPS) is 12.3. The van der Waals surface area contributed by atoms with Crippen LogP contribution in [-0.2, 0) is 13.0 Å². The molecule has 0 aliphatic carbocycles. The van der Waals surface area contributed by atoms with E-state index in [0.717, 1.165) is 28.8 Å². The largest absolute Gasteiger partial charge is 0.415 e. The molecule has 0 radical (unpaired) electrons. The summed E-state index contributed by atoms with van der Waals surface area (Å²) in [6, 6.07) is 13.5. The van der Waals surface area contributed by atoms with Crippen LogP contribution in [0, 0.1) is 6.92 Å². The van der Waals surface area contributed by atoms with Gasteiger partial charge in [0, 0.05) is 22.9 Å². The van der Waals surface area contributed by atoms with Crippen LogP contribution in [0.2, 0.25) is 0 Å². The second-order valence-corrected chi connectivity index (χ2v) is 11.2. The van der Waals surface area contributed by atoms with Gasteiger partial charge < -0.3 is 9.73 Å². The van der Waals surface area contributed by atoms with Crippen LogP contribution in [0.25, 0.3) is 34.3 Å². The molecular formula is C26H31N5O3S. The van der Waals surface area contributed by atoms with E-state index in [9.17, 15) is 9.11 Å². The summed E-state index contributed by atoms with van der Waals surface area (Å²) < 4.78 is 27.3. The fourth-order valence-corrected chi connectivity index (χ4v) is 5.12. The number of aryl methyl sites for hydroxylation is 2. The zero-order valence-electron chi connectivity index (χ0n) is 20.6. The summed E-state index contributed by atoms with van der Waals surface area (Å²) in [6.45, 7) is 8.26. The topological polar surface area (TPSA) is 117 Å². The van der Waals surface area contributed by atoms with Crippen molar-refractivity contribution in [2.45, 2.75) is 50.8 Å². The molecule has 0 aliphatic rings. The Morgan fingerprint density at radius 3 is 2.34 bits per heavy atom. The number of nitrogens with zero attached hydrogens (tertiary/aromatic N) is 4. The van der Waals surface area contributed by atoms with Crippen LogP contribution < -0.4 is 5.32 Å². The lowest BCUT2D eigenvalue weighted by molar-refractivity contribution is 0.475. The van der Waals surface area contributed by atoms with Crippen LogP contribution in [0.4, 0.5) is 0 Å². The fourth-order valence-electron chi connectivity index (χ4n) is 3.76. The minimum atomic E-state index is -2.88. The molecule has 2 heterocycles. The minimum absolute atomic E-state index is 0.268. The summed E-state index contributed by atoms with van der Waals surface area (Å²) in [5, 5.41) is 11.3. The van der Waals surface area contributed by atoms with Crippen molar-refractivity contribution in [2.75, 3.05) is 7.05 Å². The van der Waals surface area contributed by atoms with Crippen LogP contribution >= 0.6 is 10.6 Å². The summed E-state index contributed by atoms with van der Waals surface area (Å²) in [4.78, 5) is 9.87. The summed E-state index contributed by atoms with van der Waals surface area (Å²) in [7, 11) is -0.970. The maximum atomic E-state index is 10.7. The van der Waals surface area contributed by atoms with E-state index in [0.29, 0.717) is 40.2 Å². The molecule has 2 aromatic carbocycles. The fraction of sp³-hybridized carbons (Fsp3) is 0.308. The molecule has 0 spiro atoms.